The van der Waals surface area contributed by atoms with Gasteiger partial charge in [-0.25, -0.2) is 0 Å². The number of rotatable bonds is 5. The number of fused-ring (bicyclic) bond motifs is 10. The molecule has 0 atom stereocenters. The zero-order valence-corrected chi connectivity index (χ0v) is 30.9. The van der Waals surface area contributed by atoms with Crippen LogP contribution in [0.3, 0.4) is 0 Å². The van der Waals surface area contributed by atoms with Gasteiger partial charge in [-0.3, -0.25) is 0 Å². The second kappa shape index (κ2) is 12.5. The lowest BCUT2D eigenvalue weighted by Gasteiger charge is -2.25. The number of furan rings is 1. The Balaban J connectivity index is 1.14. The molecule has 10 aromatic carbocycles. The predicted octanol–water partition coefficient (Wildman–Crippen LogP) is 15.3. The zero-order chi connectivity index (χ0) is 37.5. The van der Waals surface area contributed by atoms with Gasteiger partial charge in [-0.05, 0) is 98.7 Å². The molecule has 0 saturated carbocycles. The summed E-state index contributed by atoms with van der Waals surface area (Å²) in [6, 6.07) is 74.5. The van der Waals surface area contributed by atoms with Crippen LogP contribution in [-0.2, 0) is 0 Å². The Morgan fingerprint density at radius 1 is 0.386 bits per heavy atom. The molecule has 0 unspecified atom stereocenters. The first-order valence-electron chi connectivity index (χ1n) is 19.5. The molecule has 0 saturated heterocycles. The minimum absolute atomic E-state index is 0.867. The Morgan fingerprint density at radius 3 is 1.88 bits per heavy atom. The van der Waals surface area contributed by atoms with Crippen LogP contribution in [0, 0.1) is 0 Å². The Labute approximate surface area is 328 Å². The number of anilines is 3. The second-order valence-corrected chi connectivity index (χ2v) is 14.9. The van der Waals surface area contributed by atoms with Crippen LogP contribution in [0.1, 0.15) is 0 Å². The average Bonchev–Trinajstić information content (AvgIpc) is 3.82. The van der Waals surface area contributed by atoms with Crippen molar-refractivity contribution < 1.29 is 4.42 Å². The van der Waals surface area contributed by atoms with Gasteiger partial charge in [0.25, 0.3) is 0 Å². The van der Waals surface area contributed by atoms with Gasteiger partial charge in [0.15, 0.2) is 5.58 Å². The minimum atomic E-state index is 0.867. The first-order chi connectivity index (χ1) is 28.3. The van der Waals surface area contributed by atoms with E-state index >= 15 is 0 Å². The summed E-state index contributed by atoms with van der Waals surface area (Å²) in [6.07, 6.45) is 0. The van der Waals surface area contributed by atoms with Gasteiger partial charge in [0, 0.05) is 38.3 Å². The van der Waals surface area contributed by atoms with Gasteiger partial charge in [0.1, 0.15) is 5.58 Å². The van der Waals surface area contributed by atoms with Gasteiger partial charge in [0.2, 0.25) is 0 Å². The Bertz CT molecular complexity index is 3520. The van der Waals surface area contributed by atoms with E-state index in [4.69, 9.17) is 4.42 Å². The highest BCUT2D eigenvalue weighted by molar-refractivity contribution is 6.21. The highest BCUT2D eigenvalue weighted by Crippen LogP contribution is 2.46. The predicted molar refractivity (Wildman–Crippen MR) is 241 cm³/mol. The minimum Gasteiger partial charge on any atom is -0.454 e. The van der Waals surface area contributed by atoms with E-state index in [0.717, 1.165) is 50.2 Å². The molecule has 12 rings (SSSR count). The molecule has 3 heteroatoms. The van der Waals surface area contributed by atoms with Crippen LogP contribution in [-0.4, -0.2) is 4.57 Å². The van der Waals surface area contributed by atoms with Crippen molar-refractivity contribution >= 4 is 93.1 Å². The number of benzene rings is 10. The standard InChI is InChI=1S/C54H34N2O/c1-3-14-35(15-4-1)41-28-30-48(44-23-12-11-22-43(41)44)56-49-29-27-40(34-47(49)46-32-37-17-7-8-18-38(37)33-51(46)56)55(39-19-5-2-6-20-39)50-25-13-24-45-53-42-21-10-9-16-36(42)26-31-52(53)57-54(45)50/h1-34H. The summed E-state index contributed by atoms with van der Waals surface area (Å²) < 4.78 is 9.29. The highest BCUT2D eigenvalue weighted by atomic mass is 16.3. The normalized spacial score (nSPS) is 11.9. The summed E-state index contributed by atoms with van der Waals surface area (Å²) in [5, 5.41) is 11.9. The molecule has 2 heterocycles. The van der Waals surface area contributed by atoms with Crippen molar-refractivity contribution in [2.75, 3.05) is 4.90 Å². The summed E-state index contributed by atoms with van der Waals surface area (Å²) in [5.41, 5.74) is 10.8. The van der Waals surface area contributed by atoms with Crippen molar-refractivity contribution in [3.05, 3.63) is 206 Å². The van der Waals surface area contributed by atoms with Crippen LogP contribution in [0.4, 0.5) is 17.1 Å². The van der Waals surface area contributed by atoms with Gasteiger partial charge in [-0.15, -0.1) is 0 Å². The molecule has 0 radical (unpaired) electrons. The lowest BCUT2D eigenvalue weighted by atomic mass is 9.97. The summed E-state index contributed by atoms with van der Waals surface area (Å²) in [6.45, 7) is 0. The highest BCUT2D eigenvalue weighted by Gasteiger charge is 2.23. The second-order valence-electron chi connectivity index (χ2n) is 14.9. The molecular formula is C54H34N2O. The van der Waals surface area contributed by atoms with Crippen LogP contribution < -0.4 is 4.90 Å². The lowest BCUT2D eigenvalue weighted by Crippen LogP contribution is -2.10. The molecule has 266 valence electrons. The average molecular weight is 727 g/mol. The molecular weight excluding hydrogens is 693 g/mol. The molecule has 0 fully saturated rings. The maximum Gasteiger partial charge on any atom is 0.159 e. The van der Waals surface area contributed by atoms with Crippen molar-refractivity contribution in [2.24, 2.45) is 0 Å². The van der Waals surface area contributed by atoms with E-state index in [1.165, 1.54) is 59.7 Å². The maximum atomic E-state index is 6.82. The molecule has 0 N–H and O–H groups in total. The molecule has 0 bridgehead atoms. The first-order valence-corrected chi connectivity index (χ1v) is 19.5. The van der Waals surface area contributed by atoms with Crippen molar-refractivity contribution in [3.8, 4) is 16.8 Å². The molecule has 3 nitrogen and oxygen atoms in total. The topological polar surface area (TPSA) is 21.3 Å². The van der Waals surface area contributed by atoms with E-state index in [2.05, 4.69) is 216 Å². The Hall–Kier alpha value is -7.62. The summed E-state index contributed by atoms with van der Waals surface area (Å²) in [5.74, 6) is 0. The van der Waals surface area contributed by atoms with E-state index in [0.29, 0.717) is 0 Å². The monoisotopic (exact) mass is 726 g/mol. The van der Waals surface area contributed by atoms with Crippen LogP contribution in [0.5, 0.6) is 0 Å². The molecule has 0 amide bonds. The largest absolute Gasteiger partial charge is 0.454 e. The Kier molecular flexibility index (Phi) is 6.93. The third-order valence-corrected chi connectivity index (χ3v) is 11.7. The van der Waals surface area contributed by atoms with Crippen molar-refractivity contribution in [3.63, 3.8) is 0 Å². The van der Waals surface area contributed by atoms with Crippen molar-refractivity contribution in [1.82, 2.24) is 4.57 Å². The molecule has 0 aliphatic carbocycles. The first kappa shape index (κ1) is 31.7. The van der Waals surface area contributed by atoms with Crippen LogP contribution in [0.25, 0.3) is 92.9 Å². The van der Waals surface area contributed by atoms with Crippen LogP contribution >= 0.6 is 0 Å². The zero-order valence-electron chi connectivity index (χ0n) is 30.9. The van der Waals surface area contributed by atoms with Gasteiger partial charge in [-0.1, -0.05) is 146 Å². The smallest absolute Gasteiger partial charge is 0.159 e. The number of nitrogens with zero attached hydrogens (tertiary/aromatic N) is 2. The molecule has 2 aromatic heterocycles. The molecule has 0 spiro atoms. The molecule has 0 aliphatic rings. The van der Waals surface area contributed by atoms with Crippen LogP contribution in [0.2, 0.25) is 0 Å². The summed E-state index contributed by atoms with van der Waals surface area (Å²) in [4.78, 5) is 2.35. The number of hydrogen-bond acceptors (Lipinski definition) is 2. The fourth-order valence-electron chi connectivity index (χ4n) is 9.17. The fraction of sp³-hybridized carbons (Fsp3) is 0. The van der Waals surface area contributed by atoms with E-state index in [1.54, 1.807) is 0 Å². The number of para-hydroxylation sites is 2. The van der Waals surface area contributed by atoms with E-state index in [9.17, 15) is 0 Å². The van der Waals surface area contributed by atoms with Crippen molar-refractivity contribution in [2.45, 2.75) is 0 Å². The van der Waals surface area contributed by atoms with E-state index in [1.807, 2.05) is 0 Å². The molecule has 57 heavy (non-hydrogen) atoms. The van der Waals surface area contributed by atoms with Gasteiger partial charge >= 0.3 is 0 Å². The van der Waals surface area contributed by atoms with Crippen LogP contribution in [0.15, 0.2) is 211 Å². The van der Waals surface area contributed by atoms with Gasteiger partial charge in [0.05, 0.1) is 22.4 Å². The Morgan fingerprint density at radius 2 is 1.05 bits per heavy atom. The maximum absolute atomic E-state index is 6.82. The van der Waals surface area contributed by atoms with Gasteiger partial charge in [-0.2, -0.15) is 0 Å². The van der Waals surface area contributed by atoms with E-state index < -0.39 is 0 Å². The SMILES string of the molecule is c1ccc(-c2ccc(-n3c4ccc(N(c5ccccc5)c5cccc6c5oc5ccc7ccccc7c56)cc4c4cc5ccccc5cc43)c3ccccc23)cc1. The quantitative estimate of drug-likeness (QED) is 0.176. The molecule has 0 aliphatic heterocycles. The third kappa shape index (κ3) is 4.86. The van der Waals surface area contributed by atoms with E-state index in [-0.39, 0.29) is 0 Å². The lowest BCUT2D eigenvalue weighted by molar-refractivity contribution is 0.669. The number of hydrogen-bond donors (Lipinski definition) is 0. The number of aromatic nitrogens is 1. The summed E-state index contributed by atoms with van der Waals surface area (Å²) >= 11 is 0. The summed E-state index contributed by atoms with van der Waals surface area (Å²) in [7, 11) is 0. The molecule has 12 aromatic rings. The fourth-order valence-corrected chi connectivity index (χ4v) is 9.17. The third-order valence-electron chi connectivity index (χ3n) is 11.7. The van der Waals surface area contributed by atoms with Crippen molar-refractivity contribution in [1.29, 1.82) is 0 Å². The van der Waals surface area contributed by atoms with Gasteiger partial charge < -0.3 is 13.9 Å².